The Morgan fingerprint density at radius 1 is 0.633 bits per heavy atom. The fraction of sp³-hybridized carbons (Fsp3) is 0.638. The molecule has 1 aliphatic heterocycles. The number of rotatable bonds is 40. The average Bonchev–Trinajstić information content (AvgIpc) is 3.52. The summed E-state index contributed by atoms with van der Waals surface area (Å²) in [5.74, 6) is -1.71. The molecule has 1 heterocycles. The molecule has 14 nitrogen and oxygen atoms in total. The van der Waals surface area contributed by atoms with Gasteiger partial charge >= 0.3 is 19.9 Å². The number of nitrogens with one attached hydrogen (secondary N) is 2. The molecule has 0 unspecified atom stereocenters. The van der Waals surface area contributed by atoms with Crippen molar-refractivity contribution in [3.8, 4) is 0 Å². The van der Waals surface area contributed by atoms with Crippen LogP contribution in [0.5, 0.6) is 0 Å². The first-order valence-corrected chi connectivity index (χ1v) is 31.8. The standard InChI is InChI=1S/C58H83Cl6N2O12P/c1-3-5-7-9-11-13-15-17-19-30-38-71-48(37-29-18-16-14-12-10-8-6-4-2)39-50(67)76-53-51(66-56(68)72-44-57(59,60)61)54(77-55(65)58(62,63)64)75-49(43-70-40-45-31-23-20-24-32-45)52(53)78-79(69,73-41-46-33-25-21-26-34-46)74-42-47-35-27-22-28-36-47/h20-28,31-36,48-49,51-54,65H,3-19,29-30,37-44H2,1-2H3,(H,66,68)/t48-,49-,51-,52-,53-,54-/m1/s1. The van der Waals surface area contributed by atoms with Gasteiger partial charge in [-0.15, -0.1) is 0 Å². The molecule has 1 aliphatic rings. The van der Waals surface area contributed by atoms with Gasteiger partial charge in [0.15, 0.2) is 6.10 Å². The molecule has 6 atom stereocenters. The Morgan fingerprint density at radius 2 is 1.10 bits per heavy atom. The zero-order chi connectivity index (χ0) is 57.2. The molecule has 1 fully saturated rings. The van der Waals surface area contributed by atoms with E-state index in [1.54, 1.807) is 48.5 Å². The number of benzene rings is 3. The van der Waals surface area contributed by atoms with Crippen LogP contribution in [0.2, 0.25) is 0 Å². The predicted octanol–water partition coefficient (Wildman–Crippen LogP) is 17.2. The Hall–Kier alpha value is -2.40. The fourth-order valence-corrected chi connectivity index (χ4v) is 10.5. The van der Waals surface area contributed by atoms with Gasteiger partial charge in [-0.05, 0) is 29.5 Å². The number of ether oxygens (including phenoxy) is 6. The number of phosphoric ester groups is 1. The fourth-order valence-electron chi connectivity index (χ4n) is 8.79. The molecule has 0 aliphatic carbocycles. The first-order valence-electron chi connectivity index (χ1n) is 28.0. The SMILES string of the molecule is CCCCCCCCCCCCO[C@H](CCCCCCCCCCC)CC(=O)O[C@@H]1[C@@H](NC(=O)OCC(Cl)(Cl)Cl)[C@@H](OC(=N)C(Cl)(Cl)Cl)O[C@H](COCc2ccccc2)[C@H]1OP(=O)(OCc1ccccc1)OCc1ccccc1. The zero-order valence-electron chi connectivity index (χ0n) is 45.8. The number of carbonyl (C=O) groups is 2. The molecule has 1 saturated heterocycles. The van der Waals surface area contributed by atoms with Crippen molar-refractivity contribution in [2.45, 2.75) is 213 Å². The summed E-state index contributed by atoms with van der Waals surface area (Å²) in [6.07, 6.45) is 13.6. The molecule has 0 saturated carbocycles. The second-order valence-electron chi connectivity index (χ2n) is 19.8. The largest absolute Gasteiger partial charge is 0.475 e. The molecule has 0 aromatic heterocycles. The highest BCUT2D eigenvalue weighted by atomic mass is 35.6. The van der Waals surface area contributed by atoms with Gasteiger partial charge in [-0.3, -0.25) is 23.8 Å². The second kappa shape index (κ2) is 39.2. The number of unbranched alkanes of at least 4 members (excludes halogenated alkanes) is 17. The van der Waals surface area contributed by atoms with Crippen LogP contribution in [0, 0.1) is 5.41 Å². The second-order valence-corrected chi connectivity index (χ2v) is 26.3. The maximum atomic E-state index is 15.4. The predicted molar refractivity (Wildman–Crippen MR) is 315 cm³/mol. The number of carbonyl (C=O) groups excluding carboxylic acids is 2. The summed E-state index contributed by atoms with van der Waals surface area (Å²) < 4.78 is 66.4. The average molecular weight is 1240 g/mol. The summed E-state index contributed by atoms with van der Waals surface area (Å²) in [6, 6.07) is 25.4. The number of phosphoric acid groups is 1. The van der Waals surface area contributed by atoms with Gasteiger partial charge in [-0.2, -0.15) is 0 Å². The van der Waals surface area contributed by atoms with E-state index in [4.69, 9.17) is 117 Å². The van der Waals surface area contributed by atoms with Crippen LogP contribution in [0.4, 0.5) is 4.79 Å². The minimum atomic E-state index is -4.79. The number of esters is 1. The number of halogens is 6. The smallest absolute Gasteiger partial charge is 0.457 e. The number of hydrogen-bond acceptors (Lipinski definition) is 13. The van der Waals surface area contributed by atoms with Gasteiger partial charge in [-0.25, -0.2) is 9.36 Å². The lowest BCUT2D eigenvalue weighted by atomic mass is 9.96. The van der Waals surface area contributed by atoms with Crippen LogP contribution in [0.1, 0.15) is 165 Å². The molecule has 4 rings (SSSR count). The van der Waals surface area contributed by atoms with Crippen molar-refractivity contribution in [3.63, 3.8) is 0 Å². The first-order chi connectivity index (χ1) is 38.0. The van der Waals surface area contributed by atoms with Crippen molar-refractivity contribution in [2.24, 2.45) is 0 Å². The van der Waals surface area contributed by atoms with Crippen LogP contribution in [-0.4, -0.2) is 82.1 Å². The molecule has 3 aromatic carbocycles. The molecule has 0 bridgehead atoms. The lowest BCUT2D eigenvalue weighted by Gasteiger charge is -2.45. The topological polar surface area (TPSA) is 170 Å². The molecule has 79 heavy (non-hydrogen) atoms. The van der Waals surface area contributed by atoms with Gasteiger partial charge in [0.05, 0.1) is 39.0 Å². The first kappa shape index (κ1) is 69.1. The van der Waals surface area contributed by atoms with Crippen LogP contribution < -0.4 is 5.32 Å². The van der Waals surface area contributed by atoms with Crippen LogP contribution in [0.3, 0.4) is 0 Å². The van der Waals surface area contributed by atoms with Crippen molar-refractivity contribution in [1.82, 2.24) is 5.32 Å². The quantitative estimate of drug-likeness (QED) is 0.0138. The van der Waals surface area contributed by atoms with Gasteiger partial charge in [0.1, 0.15) is 24.9 Å². The van der Waals surface area contributed by atoms with E-state index >= 15 is 4.57 Å². The Kier molecular flexibility index (Phi) is 34.3. The summed E-state index contributed by atoms with van der Waals surface area (Å²) in [7, 11) is -4.79. The van der Waals surface area contributed by atoms with E-state index in [9.17, 15) is 9.59 Å². The van der Waals surface area contributed by atoms with Crippen molar-refractivity contribution < 1.29 is 56.1 Å². The Bertz CT molecular complexity index is 2120. The van der Waals surface area contributed by atoms with Gasteiger partial charge in [0.25, 0.3) is 3.79 Å². The lowest BCUT2D eigenvalue weighted by molar-refractivity contribution is -0.255. The molecule has 444 valence electrons. The highest BCUT2D eigenvalue weighted by molar-refractivity contribution is 7.48. The molecule has 2 N–H and O–H groups in total. The van der Waals surface area contributed by atoms with Crippen LogP contribution in [0.15, 0.2) is 91.0 Å². The summed E-state index contributed by atoms with van der Waals surface area (Å²) >= 11 is 36.4. The van der Waals surface area contributed by atoms with E-state index in [-0.39, 0.29) is 32.8 Å². The molecular formula is C58H83Cl6N2O12P. The highest BCUT2D eigenvalue weighted by Crippen LogP contribution is 2.54. The van der Waals surface area contributed by atoms with Gasteiger partial charge in [0, 0.05) is 6.61 Å². The molecule has 0 spiro atoms. The molecule has 0 radical (unpaired) electrons. The summed E-state index contributed by atoms with van der Waals surface area (Å²) in [4.78, 5) is 28.6. The van der Waals surface area contributed by atoms with E-state index in [1.165, 1.54) is 70.6 Å². The van der Waals surface area contributed by atoms with Crippen molar-refractivity contribution in [3.05, 3.63) is 108 Å². The number of hydrogen-bond donors (Lipinski definition) is 2. The molecule has 3 aromatic rings. The summed E-state index contributed by atoms with van der Waals surface area (Å²) in [6.45, 7) is 3.37. The zero-order valence-corrected chi connectivity index (χ0v) is 51.3. The third-order valence-corrected chi connectivity index (χ3v) is 15.3. The van der Waals surface area contributed by atoms with Crippen molar-refractivity contribution in [1.29, 1.82) is 5.41 Å². The van der Waals surface area contributed by atoms with Gasteiger partial charge in [-0.1, -0.05) is 290 Å². The Labute approximate surface area is 499 Å². The van der Waals surface area contributed by atoms with E-state index in [0.29, 0.717) is 24.2 Å². The maximum absolute atomic E-state index is 15.4. The number of alkyl halides is 6. The van der Waals surface area contributed by atoms with Crippen LogP contribution in [0.25, 0.3) is 0 Å². The van der Waals surface area contributed by atoms with Crippen LogP contribution in [-0.2, 0) is 71.2 Å². The molecule has 21 heteroatoms. The number of amides is 1. The van der Waals surface area contributed by atoms with E-state index in [1.807, 2.05) is 42.5 Å². The van der Waals surface area contributed by atoms with E-state index in [0.717, 1.165) is 56.9 Å². The lowest BCUT2D eigenvalue weighted by Crippen LogP contribution is -2.67. The highest BCUT2D eigenvalue weighted by Gasteiger charge is 2.55. The third kappa shape index (κ3) is 30.1. The summed E-state index contributed by atoms with van der Waals surface area (Å²) in [5, 5.41) is 11.2. The number of alkyl carbamates (subject to hydrolysis) is 1. The summed E-state index contributed by atoms with van der Waals surface area (Å²) in [5.41, 5.74) is 2.05. The van der Waals surface area contributed by atoms with Crippen LogP contribution >= 0.6 is 77.4 Å². The van der Waals surface area contributed by atoms with Crippen molar-refractivity contribution >= 4 is 95.4 Å². The molecular weight excluding hydrogens is 1160 g/mol. The maximum Gasteiger partial charge on any atom is 0.475 e. The normalized spacial score (nSPS) is 18.2. The molecule has 1 amide bonds. The van der Waals surface area contributed by atoms with Crippen molar-refractivity contribution in [2.75, 3.05) is 19.8 Å². The van der Waals surface area contributed by atoms with Gasteiger partial charge < -0.3 is 33.7 Å². The Balaban J connectivity index is 1.73. The Morgan fingerprint density at radius 3 is 1.58 bits per heavy atom. The third-order valence-electron chi connectivity index (χ3n) is 13.0. The minimum absolute atomic E-state index is 0.0575. The van der Waals surface area contributed by atoms with E-state index in [2.05, 4.69) is 19.2 Å². The van der Waals surface area contributed by atoms with E-state index < -0.39 is 76.7 Å². The van der Waals surface area contributed by atoms with Gasteiger partial charge in [0.2, 0.25) is 16.0 Å². The minimum Gasteiger partial charge on any atom is -0.457 e. The monoisotopic (exact) mass is 1240 g/mol.